The quantitative estimate of drug-likeness (QED) is 0.859. The molecule has 0 atom stereocenters. The summed E-state index contributed by atoms with van der Waals surface area (Å²) in [5.41, 5.74) is 1.12. The number of anilines is 1. The summed E-state index contributed by atoms with van der Waals surface area (Å²) in [6.07, 6.45) is 0. The molecule has 1 aromatic carbocycles. The molecule has 1 heterocycles. The summed E-state index contributed by atoms with van der Waals surface area (Å²) in [7, 11) is 1.55. The van der Waals surface area contributed by atoms with Crippen molar-refractivity contribution in [3.8, 4) is 11.4 Å². The zero-order valence-electron chi connectivity index (χ0n) is 10.4. The third-order valence-electron chi connectivity index (χ3n) is 2.32. The Balaban J connectivity index is 2.29. The van der Waals surface area contributed by atoms with Gasteiger partial charge >= 0.3 is 6.01 Å². The minimum absolute atomic E-state index is 0.0212. The van der Waals surface area contributed by atoms with Crippen LogP contribution in [0.4, 0.5) is 6.01 Å². The molecule has 1 aromatic heterocycles. The predicted octanol–water partition coefficient (Wildman–Crippen LogP) is 1.05. The Kier molecular flexibility index (Phi) is 3.56. The molecule has 0 radical (unpaired) electrons. The molecule has 19 heavy (non-hydrogen) atoms. The van der Waals surface area contributed by atoms with Crippen LogP contribution in [0.1, 0.15) is 17.3 Å². The van der Waals surface area contributed by atoms with Crippen molar-refractivity contribution >= 4 is 17.8 Å². The second-order valence-electron chi connectivity index (χ2n) is 3.76. The number of rotatable bonds is 3. The Hall–Kier alpha value is -2.70. The van der Waals surface area contributed by atoms with Crippen LogP contribution >= 0.6 is 0 Å². The lowest BCUT2D eigenvalue weighted by Gasteiger charge is -2.00. The first kappa shape index (κ1) is 12.7. The van der Waals surface area contributed by atoms with E-state index in [0.29, 0.717) is 17.0 Å². The zero-order valence-corrected chi connectivity index (χ0v) is 10.4. The molecule has 0 saturated carbocycles. The van der Waals surface area contributed by atoms with Crippen LogP contribution in [0.3, 0.4) is 0 Å². The molecule has 2 rings (SSSR count). The standard InChI is InChI=1S/C12H12N4O3/c1-7(17)14-12-15-10(16-19-12)8-4-3-5-9(6-8)11(18)13-2/h3-6H,1-2H3,(H,13,18)(H,14,15,16,17). The van der Waals surface area contributed by atoms with E-state index >= 15 is 0 Å². The van der Waals surface area contributed by atoms with Gasteiger partial charge in [-0.1, -0.05) is 17.3 Å². The summed E-state index contributed by atoms with van der Waals surface area (Å²) < 4.78 is 4.86. The number of carbonyl (C=O) groups excluding carboxylic acids is 2. The highest BCUT2D eigenvalue weighted by atomic mass is 16.5. The number of nitrogens with zero attached hydrogens (tertiary/aromatic N) is 2. The molecular formula is C12H12N4O3. The predicted molar refractivity (Wildman–Crippen MR) is 67.4 cm³/mol. The number of carbonyl (C=O) groups is 2. The Morgan fingerprint density at radius 3 is 2.79 bits per heavy atom. The largest absolute Gasteiger partial charge is 0.355 e. The molecule has 0 aliphatic rings. The maximum atomic E-state index is 11.5. The number of hydrogen-bond donors (Lipinski definition) is 2. The van der Waals surface area contributed by atoms with Crippen molar-refractivity contribution < 1.29 is 14.1 Å². The van der Waals surface area contributed by atoms with Gasteiger partial charge in [0.2, 0.25) is 11.7 Å². The van der Waals surface area contributed by atoms with E-state index in [1.54, 1.807) is 31.3 Å². The fraction of sp³-hybridized carbons (Fsp3) is 0.167. The van der Waals surface area contributed by atoms with E-state index in [1.165, 1.54) is 6.92 Å². The van der Waals surface area contributed by atoms with Gasteiger partial charge in [-0.05, 0) is 12.1 Å². The number of nitrogens with one attached hydrogen (secondary N) is 2. The van der Waals surface area contributed by atoms with Gasteiger partial charge in [-0.25, -0.2) is 0 Å². The van der Waals surface area contributed by atoms with E-state index in [4.69, 9.17) is 4.52 Å². The molecule has 98 valence electrons. The fourth-order valence-corrected chi connectivity index (χ4v) is 1.49. The average Bonchev–Trinajstić information content (AvgIpc) is 2.85. The molecule has 0 aliphatic heterocycles. The number of benzene rings is 1. The minimum Gasteiger partial charge on any atom is -0.355 e. The fourth-order valence-electron chi connectivity index (χ4n) is 1.49. The van der Waals surface area contributed by atoms with Crippen molar-refractivity contribution in [2.24, 2.45) is 0 Å². The maximum absolute atomic E-state index is 11.5. The molecule has 2 aromatic rings. The Labute approximate surface area is 109 Å². The molecule has 7 nitrogen and oxygen atoms in total. The van der Waals surface area contributed by atoms with E-state index in [9.17, 15) is 9.59 Å². The number of hydrogen-bond acceptors (Lipinski definition) is 5. The van der Waals surface area contributed by atoms with E-state index in [1.807, 2.05) is 0 Å². The van der Waals surface area contributed by atoms with Gasteiger partial charge in [-0.15, -0.1) is 0 Å². The Morgan fingerprint density at radius 1 is 1.32 bits per heavy atom. The van der Waals surface area contributed by atoms with Gasteiger partial charge in [0.25, 0.3) is 5.91 Å². The molecule has 0 unspecified atom stereocenters. The van der Waals surface area contributed by atoms with Crippen LogP contribution in [0.15, 0.2) is 28.8 Å². The van der Waals surface area contributed by atoms with Crippen molar-refractivity contribution in [3.05, 3.63) is 29.8 Å². The van der Waals surface area contributed by atoms with Gasteiger partial charge in [-0.3, -0.25) is 14.9 Å². The third kappa shape index (κ3) is 2.95. The van der Waals surface area contributed by atoms with Crippen LogP contribution in [0, 0.1) is 0 Å². The number of amides is 2. The maximum Gasteiger partial charge on any atom is 0.328 e. The monoisotopic (exact) mass is 260 g/mol. The molecular weight excluding hydrogens is 248 g/mol. The zero-order chi connectivity index (χ0) is 13.8. The lowest BCUT2D eigenvalue weighted by atomic mass is 10.1. The second-order valence-corrected chi connectivity index (χ2v) is 3.76. The first-order valence-corrected chi connectivity index (χ1v) is 5.54. The van der Waals surface area contributed by atoms with Crippen molar-refractivity contribution in [2.75, 3.05) is 12.4 Å². The summed E-state index contributed by atoms with van der Waals surface area (Å²) in [6, 6.07) is 6.80. The van der Waals surface area contributed by atoms with Gasteiger partial charge in [0.05, 0.1) is 0 Å². The lowest BCUT2D eigenvalue weighted by Crippen LogP contribution is -2.17. The highest BCUT2D eigenvalue weighted by Crippen LogP contribution is 2.18. The molecule has 2 N–H and O–H groups in total. The van der Waals surface area contributed by atoms with E-state index in [-0.39, 0.29) is 17.8 Å². The van der Waals surface area contributed by atoms with Crippen molar-refractivity contribution in [3.63, 3.8) is 0 Å². The second kappa shape index (κ2) is 5.30. The Bertz CT molecular complexity index is 621. The molecule has 0 fully saturated rings. The summed E-state index contributed by atoms with van der Waals surface area (Å²) >= 11 is 0. The van der Waals surface area contributed by atoms with Crippen LogP contribution in [-0.2, 0) is 4.79 Å². The van der Waals surface area contributed by atoms with Crippen molar-refractivity contribution in [2.45, 2.75) is 6.92 Å². The summed E-state index contributed by atoms with van der Waals surface area (Å²) in [5.74, 6) is -0.198. The lowest BCUT2D eigenvalue weighted by molar-refractivity contribution is -0.114. The van der Waals surface area contributed by atoms with Crippen molar-refractivity contribution in [1.82, 2.24) is 15.5 Å². The minimum atomic E-state index is -0.297. The van der Waals surface area contributed by atoms with Crippen LogP contribution in [0.25, 0.3) is 11.4 Å². The van der Waals surface area contributed by atoms with E-state index in [2.05, 4.69) is 20.8 Å². The SMILES string of the molecule is CNC(=O)c1cccc(-c2noc(NC(C)=O)n2)c1. The molecule has 0 spiro atoms. The average molecular weight is 260 g/mol. The van der Waals surface area contributed by atoms with Gasteiger partial charge < -0.3 is 9.84 Å². The smallest absolute Gasteiger partial charge is 0.328 e. The van der Waals surface area contributed by atoms with E-state index < -0.39 is 0 Å². The number of aromatic nitrogens is 2. The van der Waals surface area contributed by atoms with Gasteiger partial charge in [0.1, 0.15) is 0 Å². The van der Waals surface area contributed by atoms with Crippen molar-refractivity contribution in [1.29, 1.82) is 0 Å². The molecule has 0 aliphatic carbocycles. The van der Waals surface area contributed by atoms with Gasteiger partial charge in [0.15, 0.2) is 0 Å². The topological polar surface area (TPSA) is 97.1 Å². The molecule has 7 heteroatoms. The molecule has 0 saturated heterocycles. The van der Waals surface area contributed by atoms with Crippen LogP contribution in [-0.4, -0.2) is 29.0 Å². The first-order valence-electron chi connectivity index (χ1n) is 5.54. The third-order valence-corrected chi connectivity index (χ3v) is 2.32. The van der Waals surface area contributed by atoms with Crippen LogP contribution in [0.2, 0.25) is 0 Å². The van der Waals surface area contributed by atoms with Gasteiger partial charge in [-0.2, -0.15) is 4.98 Å². The first-order chi connectivity index (χ1) is 9.10. The highest BCUT2D eigenvalue weighted by molar-refractivity contribution is 5.95. The Morgan fingerprint density at radius 2 is 2.11 bits per heavy atom. The summed E-state index contributed by atoms with van der Waals surface area (Å²) in [4.78, 5) is 26.4. The van der Waals surface area contributed by atoms with E-state index in [0.717, 1.165) is 0 Å². The van der Waals surface area contributed by atoms with Crippen LogP contribution < -0.4 is 10.6 Å². The molecule has 0 bridgehead atoms. The van der Waals surface area contributed by atoms with Gasteiger partial charge in [0, 0.05) is 25.1 Å². The normalized spacial score (nSPS) is 10.0. The summed E-state index contributed by atoms with van der Waals surface area (Å²) in [6.45, 7) is 1.34. The van der Waals surface area contributed by atoms with Crippen LogP contribution in [0.5, 0.6) is 0 Å². The molecule has 2 amide bonds. The summed E-state index contributed by atoms with van der Waals surface area (Å²) in [5, 5.41) is 8.65. The highest BCUT2D eigenvalue weighted by Gasteiger charge is 2.11.